The second-order valence-corrected chi connectivity index (χ2v) is 12.1. The highest BCUT2D eigenvalue weighted by Gasteiger charge is 2.30. The van der Waals surface area contributed by atoms with Gasteiger partial charge < -0.3 is 9.80 Å². The number of sulfonamides is 1. The lowest BCUT2D eigenvalue weighted by atomic mass is 10.0. The summed E-state index contributed by atoms with van der Waals surface area (Å²) in [6.07, 6.45) is 2.16. The average molecular weight is 612 g/mol. The van der Waals surface area contributed by atoms with Gasteiger partial charge in [0.2, 0.25) is 15.9 Å². The van der Waals surface area contributed by atoms with Crippen LogP contribution in [0.5, 0.6) is 0 Å². The van der Waals surface area contributed by atoms with Crippen LogP contribution in [0.3, 0.4) is 0 Å². The summed E-state index contributed by atoms with van der Waals surface area (Å²) in [5.41, 5.74) is -1.22. The number of para-hydroxylation sites is 1. The standard InChI is InChI=1S/C30H28F3N5O4S/c1-5-26(39)36-12-13-37(18(3)16-36)29-20-14-23(33)19(27-21(31)9-7-10-22(27)32)15-25(20)38(30(40)34-29)28-17(2)8-6-11-24(28)35-43(4,41)42/h5-11,14-15,18,35H,1,12-13,16H2,2-4H3/t18-/m0/s1. The molecule has 1 atom stereocenters. The first kappa shape index (κ1) is 29.8. The first-order valence-electron chi connectivity index (χ1n) is 13.3. The van der Waals surface area contributed by atoms with Gasteiger partial charge in [0, 0.05) is 36.6 Å². The van der Waals surface area contributed by atoms with Crippen molar-refractivity contribution >= 4 is 38.3 Å². The number of carbonyl (C=O) groups is 1. The second-order valence-electron chi connectivity index (χ2n) is 10.4. The molecular formula is C30H28F3N5O4S. The van der Waals surface area contributed by atoms with E-state index in [1.165, 1.54) is 12.1 Å². The number of piperazine rings is 1. The van der Waals surface area contributed by atoms with Gasteiger partial charge in [-0.3, -0.25) is 14.1 Å². The van der Waals surface area contributed by atoms with Crippen LogP contribution in [-0.2, 0) is 14.8 Å². The van der Waals surface area contributed by atoms with Crippen LogP contribution in [0.15, 0.2) is 66.0 Å². The summed E-state index contributed by atoms with van der Waals surface area (Å²) in [5, 5.41) is 0.140. The van der Waals surface area contributed by atoms with Gasteiger partial charge >= 0.3 is 5.69 Å². The van der Waals surface area contributed by atoms with Crippen LogP contribution in [0.4, 0.5) is 24.7 Å². The smallest absolute Gasteiger partial charge is 0.350 e. The van der Waals surface area contributed by atoms with Crippen LogP contribution in [0, 0.1) is 24.4 Å². The summed E-state index contributed by atoms with van der Waals surface area (Å²) in [7, 11) is -3.80. The molecule has 0 unspecified atom stereocenters. The molecule has 1 amide bonds. The number of aromatic nitrogens is 2. The van der Waals surface area contributed by atoms with Crippen molar-refractivity contribution in [2.45, 2.75) is 19.9 Å². The number of halogens is 3. The van der Waals surface area contributed by atoms with E-state index in [1.54, 1.807) is 28.9 Å². The maximum absolute atomic E-state index is 15.8. The van der Waals surface area contributed by atoms with Crippen molar-refractivity contribution in [1.82, 2.24) is 14.5 Å². The van der Waals surface area contributed by atoms with Crippen LogP contribution in [0.25, 0.3) is 27.7 Å². The van der Waals surface area contributed by atoms with E-state index in [-0.39, 0.29) is 59.7 Å². The molecule has 1 fully saturated rings. The molecule has 0 radical (unpaired) electrons. The molecule has 1 aliphatic heterocycles. The number of hydrogen-bond donors (Lipinski definition) is 1. The minimum atomic E-state index is -3.80. The number of anilines is 2. The Bertz CT molecular complexity index is 1940. The quantitative estimate of drug-likeness (QED) is 0.325. The Morgan fingerprint density at radius 2 is 1.74 bits per heavy atom. The molecule has 9 nitrogen and oxygen atoms in total. The zero-order valence-electron chi connectivity index (χ0n) is 23.6. The molecule has 5 rings (SSSR count). The highest BCUT2D eigenvalue weighted by atomic mass is 32.2. The number of benzene rings is 3. The van der Waals surface area contributed by atoms with Gasteiger partial charge in [0.15, 0.2) is 0 Å². The Morgan fingerprint density at radius 3 is 2.37 bits per heavy atom. The number of nitrogens with zero attached hydrogens (tertiary/aromatic N) is 4. The summed E-state index contributed by atoms with van der Waals surface area (Å²) in [5.74, 6) is -3.12. The molecule has 1 aromatic heterocycles. The van der Waals surface area contributed by atoms with Crippen LogP contribution in [-0.4, -0.2) is 60.7 Å². The van der Waals surface area contributed by atoms with Gasteiger partial charge in [0.25, 0.3) is 0 Å². The molecule has 3 aromatic carbocycles. The maximum Gasteiger partial charge on any atom is 0.354 e. The summed E-state index contributed by atoms with van der Waals surface area (Å²) in [4.78, 5) is 33.8. The van der Waals surface area contributed by atoms with Gasteiger partial charge in [0.05, 0.1) is 28.7 Å². The van der Waals surface area contributed by atoms with Crippen molar-refractivity contribution in [3.8, 4) is 16.8 Å². The topological polar surface area (TPSA) is 105 Å². The number of hydrogen-bond acceptors (Lipinski definition) is 6. The highest BCUT2D eigenvalue weighted by molar-refractivity contribution is 7.92. The summed E-state index contributed by atoms with van der Waals surface area (Å²) < 4.78 is 73.5. The van der Waals surface area contributed by atoms with Crippen LogP contribution < -0.4 is 15.3 Å². The van der Waals surface area contributed by atoms with E-state index in [9.17, 15) is 26.8 Å². The van der Waals surface area contributed by atoms with Crippen molar-refractivity contribution in [2.24, 2.45) is 0 Å². The Balaban J connectivity index is 1.84. The number of rotatable bonds is 6. The molecule has 0 saturated carbocycles. The molecule has 1 saturated heterocycles. The fraction of sp³-hybridized carbons (Fsp3) is 0.233. The molecule has 0 aliphatic carbocycles. The van der Waals surface area contributed by atoms with Gasteiger partial charge in [-0.15, -0.1) is 0 Å². The van der Waals surface area contributed by atoms with E-state index in [4.69, 9.17) is 0 Å². The predicted molar refractivity (Wildman–Crippen MR) is 159 cm³/mol. The van der Waals surface area contributed by atoms with Crippen LogP contribution in [0.1, 0.15) is 12.5 Å². The third kappa shape index (κ3) is 5.59. The molecule has 0 bridgehead atoms. The third-order valence-electron chi connectivity index (χ3n) is 7.33. The van der Waals surface area contributed by atoms with Crippen LogP contribution >= 0.6 is 0 Å². The number of aryl methyl sites for hydroxylation is 1. The average Bonchev–Trinajstić information content (AvgIpc) is 2.93. The van der Waals surface area contributed by atoms with E-state index in [0.717, 1.165) is 41.2 Å². The van der Waals surface area contributed by atoms with Crippen LogP contribution in [0.2, 0.25) is 0 Å². The maximum atomic E-state index is 15.8. The first-order chi connectivity index (χ1) is 20.3. The summed E-state index contributed by atoms with van der Waals surface area (Å²) in [6.45, 7) is 7.79. The lowest BCUT2D eigenvalue weighted by molar-refractivity contribution is -0.126. The summed E-state index contributed by atoms with van der Waals surface area (Å²) >= 11 is 0. The molecule has 224 valence electrons. The Kier molecular flexibility index (Phi) is 7.78. The lowest BCUT2D eigenvalue weighted by Crippen LogP contribution is -2.54. The molecule has 43 heavy (non-hydrogen) atoms. The van der Waals surface area contributed by atoms with Gasteiger partial charge in [0.1, 0.15) is 23.3 Å². The number of amides is 1. The Morgan fingerprint density at radius 1 is 1.07 bits per heavy atom. The Labute approximate surface area is 245 Å². The minimum Gasteiger partial charge on any atom is -0.350 e. The van der Waals surface area contributed by atoms with Crippen molar-refractivity contribution in [2.75, 3.05) is 35.5 Å². The predicted octanol–water partition coefficient (Wildman–Crippen LogP) is 4.37. The molecule has 1 aliphatic rings. The fourth-order valence-electron chi connectivity index (χ4n) is 5.45. The van der Waals surface area contributed by atoms with E-state index in [2.05, 4.69) is 16.3 Å². The van der Waals surface area contributed by atoms with Gasteiger partial charge in [-0.05, 0) is 55.8 Å². The van der Waals surface area contributed by atoms with E-state index in [1.807, 2.05) is 6.92 Å². The lowest BCUT2D eigenvalue weighted by Gasteiger charge is -2.40. The van der Waals surface area contributed by atoms with E-state index >= 15 is 4.39 Å². The molecule has 13 heteroatoms. The number of nitrogens with one attached hydrogen (secondary N) is 1. The van der Waals surface area contributed by atoms with E-state index in [0.29, 0.717) is 5.56 Å². The van der Waals surface area contributed by atoms with E-state index < -0.39 is 44.3 Å². The Hall–Kier alpha value is -4.65. The fourth-order valence-corrected chi connectivity index (χ4v) is 6.02. The van der Waals surface area contributed by atoms with Crippen molar-refractivity contribution in [3.05, 3.63) is 94.7 Å². The van der Waals surface area contributed by atoms with Gasteiger partial charge in [-0.1, -0.05) is 24.8 Å². The SMILES string of the molecule is C=CC(=O)N1CCN(c2nc(=O)n(-c3c(C)cccc3NS(C)(=O)=O)c3cc(-c4c(F)cccc4F)c(F)cc23)[C@@H](C)C1. The summed E-state index contributed by atoms with van der Waals surface area (Å²) in [6, 6.07) is 9.70. The van der Waals surface area contributed by atoms with Crippen molar-refractivity contribution < 1.29 is 26.4 Å². The third-order valence-corrected chi connectivity index (χ3v) is 7.93. The van der Waals surface area contributed by atoms with Gasteiger partial charge in [-0.2, -0.15) is 4.98 Å². The molecule has 2 heterocycles. The van der Waals surface area contributed by atoms with Gasteiger partial charge in [-0.25, -0.2) is 26.4 Å². The largest absolute Gasteiger partial charge is 0.354 e. The highest BCUT2D eigenvalue weighted by Crippen LogP contribution is 2.37. The molecule has 0 spiro atoms. The molecular weight excluding hydrogens is 583 g/mol. The minimum absolute atomic E-state index is 0.0386. The first-order valence-corrected chi connectivity index (χ1v) is 15.2. The molecule has 4 aromatic rings. The monoisotopic (exact) mass is 611 g/mol. The van der Waals surface area contributed by atoms with Crippen molar-refractivity contribution in [1.29, 1.82) is 0 Å². The number of carbonyl (C=O) groups excluding carboxylic acids is 1. The zero-order chi connectivity index (χ0) is 31.2. The second kappa shape index (κ2) is 11.2. The number of fused-ring (bicyclic) bond motifs is 1. The normalized spacial score (nSPS) is 15.5. The zero-order valence-corrected chi connectivity index (χ0v) is 24.4. The van der Waals surface area contributed by atoms with Crippen molar-refractivity contribution in [3.63, 3.8) is 0 Å². The molecule has 1 N–H and O–H groups in total.